The Morgan fingerprint density at radius 3 is 2.48 bits per heavy atom. The number of rotatable bonds is 10. The average molecular weight is 367 g/mol. The molecule has 0 radical (unpaired) electrons. The van der Waals surface area contributed by atoms with Crippen LogP contribution in [0.1, 0.15) is 66.7 Å². The van der Waals surface area contributed by atoms with Crippen LogP contribution in [0, 0.1) is 5.92 Å². The van der Waals surface area contributed by atoms with Crippen LogP contribution < -0.4 is 10.6 Å². The Kier molecular flexibility index (Phi) is 8.49. The maximum absolute atomic E-state index is 12.3. The Bertz CT molecular complexity index is 729. The van der Waals surface area contributed by atoms with Gasteiger partial charge in [0, 0.05) is 30.2 Å². The number of unbranched alkanes of at least 4 members (excludes halogenated alkanes) is 3. The van der Waals surface area contributed by atoms with E-state index in [1.807, 2.05) is 0 Å². The largest absolute Gasteiger partial charge is 0.352 e. The van der Waals surface area contributed by atoms with E-state index in [0.29, 0.717) is 23.4 Å². The van der Waals surface area contributed by atoms with Crippen molar-refractivity contribution in [2.75, 3.05) is 11.9 Å². The molecule has 5 nitrogen and oxygen atoms in total. The summed E-state index contributed by atoms with van der Waals surface area (Å²) in [5.41, 5.74) is 1.61. The third-order valence-electron chi connectivity index (χ3n) is 4.30. The minimum atomic E-state index is -0.248. The van der Waals surface area contributed by atoms with Crippen LogP contribution in [0.25, 0.3) is 0 Å². The molecule has 0 fully saturated rings. The standard InChI is InChI=1S/C22H29N3O2/c1-17(2)9-5-3-4-6-14-24-21(26)18-10-7-12-20(15-18)25-22(27)19-11-8-13-23-16-19/h7-8,10-13,15-17H,3-6,9,14H2,1-2H3,(H,24,26)(H,25,27). The molecule has 27 heavy (non-hydrogen) atoms. The molecule has 0 saturated carbocycles. The summed E-state index contributed by atoms with van der Waals surface area (Å²) in [7, 11) is 0. The van der Waals surface area contributed by atoms with Crippen LogP contribution in [0.5, 0.6) is 0 Å². The van der Waals surface area contributed by atoms with E-state index in [9.17, 15) is 9.59 Å². The second kappa shape index (κ2) is 11.1. The summed E-state index contributed by atoms with van der Waals surface area (Å²) >= 11 is 0. The molecular weight excluding hydrogens is 338 g/mol. The van der Waals surface area contributed by atoms with E-state index in [-0.39, 0.29) is 11.8 Å². The number of benzene rings is 1. The normalized spacial score (nSPS) is 10.6. The van der Waals surface area contributed by atoms with Gasteiger partial charge in [-0.25, -0.2) is 0 Å². The van der Waals surface area contributed by atoms with E-state index in [4.69, 9.17) is 0 Å². The van der Waals surface area contributed by atoms with Crippen LogP contribution in [0.4, 0.5) is 5.69 Å². The predicted octanol–water partition coefficient (Wildman–Crippen LogP) is 4.67. The molecule has 2 N–H and O–H groups in total. The SMILES string of the molecule is CC(C)CCCCCCNC(=O)c1cccc(NC(=O)c2cccnc2)c1. The highest BCUT2D eigenvalue weighted by Crippen LogP contribution is 2.13. The number of pyridine rings is 1. The summed E-state index contributed by atoms with van der Waals surface area (Å²) in [6.45, 7) is 5.16. The first-order valence-corrected chi connectivity index (χ1v) is 9.66. The number of nitrogens with one attached hydrogen (secondary N) is 2. The molecule has 1 aromatic carbocycles. The van der Waals surface area contributed by atoms with Gasteiger partial charge in [-0.3, -0.25) is 14.6 Å². The highest BCUT2D eigenvalue weighted by molar-refractivity contribution is 6.04. The van der Waals surface area contributed by atoms with Gasteiger partial charge < -0.3 is 10.6 Å². The first-order valence-electron chi connectivity index (χ1n) is 9.66. The lowest BCUT2D eigenvalue weighted by atomic mass is 10.0. The second-order valence-electron chi connectivity index (χ2n) is 7.13. The van der Waals surface area contributed by atoms with E-state index in [0.717, 1.165) is 18.8 Å². The summed E-state index contributed by atoms with van der Waals surface area (Å²) in [4.78, 5) is 28.4. The number of nitrogens with zero attached hydrogens (tertiary/aromatic N) is 1. The molecule has 0 saturated heterocycles. The number of amides is 2. The Morgan fingerprint density at radius 2 is 1.74 bits per heavy atom. The quantitative estimate of drug-likeness (QED) is 0.600. The van der Waals surface area contributed by atoms with Crippen molar-refractivity contribution < 1.29 is 9.59 Å². The van der Waals surface area contributed by atoms with Crippen LogP contribution in [0.2, 0.25) is 0 Å². The summed E-state index contributed by atoms with van der Waals surface area (Å²) in [6, 6.07) is 10.4. The first kappa shape index (κ1) is 20.6. The van der Waals surface area contributed by atoms with E-state index in [1.54, 1.807) is 42.6 Å². The van der Waals surface area contributed by atoms with E-state index in [1.165, 1.54) is 25.5 Å². The number of carbonyl (C=O) groups is 2. The molecule has 0 aliphatic rings. The highest BCUT2D eigenvalue weighted by Gasteiger charge is 2.09. The molecule has 2 amide bonds. The topological polar surface area (TPSA) is 71.1 Å². The molecule has 1 aromatic heterocycles. The van der Waals surface area contributed by atoms with Gasteiger partial charge in [0.2, 0.25) is 0 Å². The first-order chi connectivity index (χ1) is 13.1. The zero-order valence-corrected chi connectivity index (χ0v) is 16.2. The molecule has 1 heterocycles. The summed E-state index contributed by atoms with van der Waals surface area (Å²) in [6.07, 6.45) is 8.98. The second-order valence-corrected chi connectivity index (χ2v) is 7.13. The van der Waals surface area contributed by atoms with E-state index >= 15 is 0 Å². The molecule has 0 atom stereocenters. The molecule has 2 aromatic rings. The van der Waals surface area contributed by atoms with E-state index < -0.39 is 0 Å². The van der Waals surface area contributed by atoms with Crippen LogP contribution in [0.15, 0.2) is 48.8 Å². The average Bonchev–Trinajstić information content (AvgIpc) is 2.67. The number of carbonyl (C=O) groups excluding carboxylic acids is 2. The number of hydrogen-bond donors (Lipinski definition) is 2. The van der Waals surface area contributed by atoms with Gasteiger partial charge in [-0.2, -0.15) is 0 Å². The van der Waals surface area contributed by atoms with Crippen LogP contribution in [-0.4, -0.2) is 23.3 Å². The Hall–Kier alpha value is -2.69. The van der Waals surface area contributed by atoms with Gasteiger partial charge in [0.15, 0.2) is 0 Å². The van der Waals surface area contributed by atoms with Crippen molar-refractivity contribution in [1.82, 2.24) is 10.3 Å². The minimum Gasteiger partial charge on any atom is -0.352 e. The number of anilines is 1. The van der Waals surface area contributed by atoms with Gasteiger partial charge in [-0.1, -0.05) is 45.6 Å². The maximum Gasteiger partial charge on any atom is 0.257 e. The smallest absolute Gasteiger partial charge is 0.257 e. The van der Waals surface area contributed by atoms with Crippen molar-refractivity contribution in [1.29, 1.82) is 0 Å². The van der Waals surface area contributed by atoms with Crippen molar-refractivity contribution in [2.24, 2.45) is 5.92 Å². The lowest BCUT2D eigenvalue weighted by molar-refractivity contribution is 0.0951. The van der Waals surface area contributed by atoms with Crippen LogP contribution in [-0.2, 0) is 0 Å². The maximum atomic E-state index is 12.3. The zero-order valence-electron chi connectivity index (χ0n) is 16.2. The molecule has 2 rings (SSSR count). The fourth-order valence-electron chi connectivity index (χ4n) is 2.77. The van der Waals surface area contributed by atoms with Gasteiger partial charge >= 0.3 is 0 Å². The Balaban J connectivity index is 1.77. The van der Waals surface area contributed by atoms with Crippen LogP contribution in [0.3, 0.4) is 0 Å². The Labute approximate surface area is 161 Å². The van der Waals surface area contributed by atoms with Crippen molar-refractivity contribution in [3.05, 3.63) is 59.9 Å². The minimum absolute atomic E-state index is 0.116. The lowest BCUT2D eigenvalue weighted by Gasteiger charge is -2.09. The molecule has 0 spiro atoms. The van der Waals surface area contributed by atoms with Gasteiger partial charge in [0.05, 0.1) is 5.56 Å². The molecule has 0 unspecified atom stereocenters. The molecule has 144 valence electrons. The number of aromatic nitrogens is 1. The van der Waals surface area contributed by atoms with Gasteiger partial charge in [0.1, 0.15) is 0 Å². The zero-order chi connectivity index (χ0) is 19.5. The monoisotopic (exact) mass is 367 g/mol. The number of hydrogen-bond acceptors (Lipinski definition) is 3. The molecule has 0 aliphatic carbocycles. The van der Waals surface area contributed by atoms with Crippen molar-refractivity contribution >= 4 is 17.5 Å². The Morgan fingerprint density at radius 1 is 0.963 bits per heavy atom. The molecule has 5 heteroatoms. The van der Waals surface area contributed by atoms with Gasteiger partial charge in [0.25, 0.3) is 11.8 Å². The van der Waals surface area contributed by atoms with Gasteiger partial charge in [-0.15, -0.1) is 0 Å². The van der Waals surface area contributed by atoms with Gasteiger partial charge in [-0.05, 0) is 42.7 Å². The lowest BCUT2D eigenvalue weighted by Crippen LogP contribution is -2.24. The fraction of sp³-hybridized carbons (Fsp3) is 0.409. The molecule has 0 aliphatic heterocycles. The van der Waals surface area contributed by atoms with E-state index in [2.05, 4.69) is 29.5 Å². The van der Waals surface area contributed by atoms with Crippen molar-refractivity contribution in [2.45, 2.75) is 46.0 Å². The molecule has 0 bridgehead atoms. The summed E-state index contributed by atoms with van der Waals surface area (Å²) in [5.74, 6) is 0.396. The van der Waals surface area contributed by atoms with Crippen LogP contribution >= 0.6 is 0 Å². The third kappa shape index (κ3) is 7.60. The molecular formula is C22H29N3O2. The third-order valence-corrected chi connectivity index (χ3v) is 4.30. The summed E-state index contributed by atoms with van der Waals surface area (Å²) in [5, 5.41) is 5.74. The highest BCUT2D eigenvalue weighted by atomic mass is 16.2. The predicted molar refractivity (Wildman–Crippen MR) is 109 cm³/mol. The van der Waals surface area contributed by atoms with Crippen molar-refractivity contribution in [3.8, 4) is 0 Å². The summed E-state index contributed by atoms with van der Waals surface area (Å²) < 4.78 is 0. The fourth-order valence-corrected chi connectivity index (χ4v) is 2.77. The van der Waals surface area contributed by atoms with Crippen molar-refractivity contribution in [3.63, 3.8) is 0 Å².